The number of piperidine rings is 1. The van der Waals surface area contributed by atoms with Crippen molar-refractivity contribution in [2.75, 3.05) is 19.7 Å². The van der Waals surface area contributed by atoms with Gasteiger partial charge in [-0.25, -0.2) is 4.79 Å². The lowest BCUT2D eigenvalue weighted by Crippen LogP contribution is -2.61. The molecule has 0 aliphatic carbocycles. The highest BCUT2D eigenvalue weighted by atomic mass is 19.4. The van der Waals surface area contributed by atoms with E-state index in [1.54, 1.807) is 20.8 Å². The molecule has 1 atom stereocenters. The van der Waals surface area contributed by atoms with Crippen LogP contribution in [0.2, 0.25) is 0 Å². The first-order valence-corrected chi connectivity index (χ1v) is 14.0. The van der Waals surface area contributed by atoms with Crippen LogP contribution in [0.1, 0.15) is 64.2 Å². The van der Waals surface area contributed by atoms with Crippen molar-refractivity contribution >= 4 is 17.9 Å². The Morgan fingerprint density at radius 3 is 2.07 bits per heavy atom. The lowest BCUT2D eigenvalue weighted by Gasteiger charge is -2.40. The number of halogens is 3. The molecule has 0 radical (unpaired) electrons. The van der Waals surface area contributed by atoms with Gasteiger partial charge in [-0.15, -0.1) is 0 Å². The van der Waals surface area contributed by atoms with Crippen molar-refractivity contribution in [2.24, 2.45) is 0 Å². The maximum absolute atomic E-state index is 13.6. The molecular weight excluding hydrogens is 567 g/mol. The van der Waals surface area contributed by atoms with Crippen LogP contribution in [-0.2, 0) is 37.4 Å². The first-order valence-electron chi connectivity index (χ1n) is 14.0. The number of nitrogens with zero attached hydrogens (tertiary/aromatic N) is 1. The minimum Gasteiger partial charge on any atom is -0.444 e. The van der Waals surface area contributed by atoms with Gasteiger partial charge in [0.05, 0.1) is 24.4 Å². The Labute approximate surface area is 249 Å². The van der Waals surface area contributed by atoms with Crippen molar-refractivity contribution in [3.8, 4) is 0 Å². The van der Waals surface area contributed by atoms with E-state index in [2.05, 4.69) is 10.6 Å². The lowest BCUT2D eigenvalue weighted by atomic mass is 9.84. The molecule has 3 amide bonds. The molecule has 1 aliphatic heterocycles. The summed E-state index contributed by atoms with van der Waals surface area (Å²) in [4.78, 5) is 40.7. The Kier molecular flexibility index (Phi) is 10.5. The SMILES string of the molecule is CC(C)(C)OC(=O)NC(C)(C)C(=O)NC(COCc1ccccc1)C(=O)N1CCC(O)(c2ccc(C(F)(F)F)cc2)CC1. The number of benzene rings is 2. The average molecular weight is 608 g/mol. The van der Waals surface area contributed by atoms with Gasteiger partial charge in [-0.2, -0.15) is 13.2 Å². The van der Waals surface area contributed by atoms with Crippen LogP contribution in [0.15, 0.2) is 54.6 Å². The van der Waals surface area contributed by atoms with Crippen LogP contribution in [0.3, 0.4) is 0 Å². The standard InChI is InChI=1S/C31H40F3N3O6/c1-28(2,3)43-27(40)36-29(4,5)26(39)35-24(20-42-19-21-9-7-6-8-10-21)25(38)37-17-15-30(41,16-18-37)22-11-13-23(14-12-22)31(32,33)34/h6-14,24,41H,15-20H2,1-5H3,(H,35,39)(H,36,40). The molecule has 1 saturated heterocycles. The summed E-state index contributed by atoms with van der Waals surface area (Å²) in [6.45, 7) is 8.24. The third-order valence-electron chi connectivity index (χ3n) is 7.03. The second-order valence-corrected chi connectivity index (χ2v) is 12.2. The Balaban J connectivity index is 1.70. The van der Waals surface area contributed by atoms with E-state index in [4.69, 9.17) is 9.47 Å². The van der Waals surface area contributed by atoms with Crippen LogP contribution in [-0.4, -0.2) is 64.8 Å². The topological polar surface area (TPSA) is 117 Å². The Morgan fingerprint density at radius 2 is 1.53 bits per heavy atom. The zero-order valence-corrected chi connectivity index (χ0v) is 25.1. The first kappa shape index (κ1) is 33.9. The number of ether oxygens (including phenoxy) is 2. The van der Waals surface area contributed by atoms with Gasteiger partial charge in [-0.3, -0.25) is 9.59 Å². The zero-order valence-electron chi connectivity index (χ0n) is 25.1. The van der Waals surface area contributed by atoms with E-state index in [1.165, 1.54) is 30.9 Å². The molecule has 1 unspecified atom stereocenters. The molecule has 0 spiro atoms. The molecule has 2 aromatic rings. The van der Waals surface area contributed by atoms with E-state index >= 15 is 0 Å². The van der Waals surface area contributed by atoms with Gasteiger partial charge < -0.3 is 30.1 Å². The fourth-order valence-corrected chi connectivity index (χ4v) is 4.57. The van der Waals surface area contributed by atoms with Crippen molar-refractivity contribution in [1.29, 1.82) is 0 Å². The molecule has 1 heterocycles. The second kappa shape index (κ2) is 13.3. The number of amides is 3. The molecule has 1 fully saturated rings. The van der Waals surface area contributed by atoms with E-state index in [9.17, 15) is 32.7 Å². The second-order valence-electron chi connectivity index (χ2n) is 12.2. The largest absolute Gasteiger partial charge is 0.444 e. The Hall–Kier alpha value is -3.64. The number of aliphatic hydroxyl groups is 1. The summed E-state index contributed by atoms with van der Waals surface area (Å²) in [7, 11) is 0. The van der Waals surface area contributed by atoms with Gasteiger partial charge in [-0.1, -0.05) is 42.5 Å². The number of rotatable bonds is 9. The molecular formula is C31H40F3N3O6. The summed E-state index contributed by atoms with van der Waals surface area (Å²) < 4.78 is 50.0. The van der Waals surface area contributed by atoms with Crippen molar-refractivity contribution in [3.05, 3.63) is 71.3 Å². The zero-order chi connectivity index (χ0) is 32.1. The molecule has 0 aromatic heterocycles. The number of carbonyl (C=O) groups excluding carboxylic acids is 3. The molecule has 236 valence electrons. The fraction of sp³-hybridized carbons (Fsp3) is 0.516. The highest BCUT2D eigenvalue weighted by molar-refractivity contribution is 5.93. The van der Waals surface area contributed by atoms with Gasteiger partial charge in [0, 0.05) is 13.1 Å². The van der Waals surface area contributed by atoms with E-state index in [-0.39, 0.29) is 39.1 Å². The van der Waals surface area contributed by atoms with Crippen LogP contribution in [0, 0.1) is 0 Å². The highest BCUT2D eigenvalue weighted by Gasteiger charge is 2.40. The van der Waals surface area contributed by atoms with Crippen molar-refractivity contribution in [1.82, 2.24) is 15.5 Å². The van der Waals surface area contributed by atoms with E-state index in [1.807, 2.05) is 30.3 Å². The fourth-order valence-electron chi connectivity index (χ4n) is 4.57. The van der Waals surface area contributed by atoms with Crippen LogP contribution < -0.4 is 10.6 Å². The monoisotopic (exact) mass is 607 g/mol. The van der Waals surface area contributed by atoms with Crippen molar-refractivity contribution in [3.63, 3.8) is 0 Å². The quantitative estimate of drug-likeness (QED) is 0.386. The Morgan fingerprint density at radius 1 is 0.953 bits per heavy atom. The van der Waals surface area contributed by atoms with Crippen LogP contribution >= 0.6 is 0 Å². The molecule has 0 saturated carbocycles. The van der Waals surface area contributed by atoms with Crippen molar-refractivity contribution < 1.29 is 42.1 Å². The number of nitrogens with one attached hydrogen (secondary N) is 2. The third-order valence-corrected chi connectivity index (χ3v) is 7.03. The maximum atomic E-state index is 13.6. The first-order chi connectivity index (χ1) is 19.9. The third kappa shape index (κ3) is 9.69. The summed E-state index contributed by atoms with van der Waals surface area (Å²) in [6.07, 6.45) is -5.12. The number of alkyl halides is 3. The molecule has 3 rings (SSSR count). The van der Waals surface area contributed by atoms with Gasteiger partial charge in [-0.05, 0) is 70.7 Å². The molecule has 43 heavy (non-hydrogen) atoms. The number of alkyl carbamates (subject to hydrolysis) is 1. The number of likely N-dealkylation sites (tertiary alicyclic amines) is 1. The highest BCUT2D eigenvalue weighted by Crippen LogP contribution is 2.35. The number of hydrogen-bond donors (Lipinski definition) is 3. The molecule has 1 aliphatic rings. The molecule has 12 heteroatoms. The molecule has 3 N–H and O–H groups in total. The minimum absolute atomic E-state index is 0.0847. The van der Waals surface area contributed by atoms with Crippen LogP contribution in [0.25, 0.3) is 0 Å². The van der Waals surface area contributed by atoms with E-state index < -0.39 is 52.4 Å². The molecule has 9 nitrogen and oxygen atoms in total. The molecule has 0 bridgehead atoms. The smallest absolute Gasteiger partial charge is 0.416 e. The average Bonchev–Trinajstić information content (AvgIpc) is 2.91. The van der Waals surface area contributed by atoms with Gasteiger partial charge >= 0.3 is 12.3 Å². The molecule has 2 aromatic carbocycles. The van der Waals surface area contributed by atoms with E-state index in [0.717, 1.165) is 17.7 Å². The van der Waals surface area contributed by atoms with Gasteiger partial charge in [0.1, 0.15) is 17.2 Å². The normalized spacial score (nSPS) is 16.3. The van der Waals surface area contributed by atoms with Crippen molar-refractivity contribution in [2.45, 2.75) is 83.0 Å². The number of carbonyl (C=O) groups is 3. The predicted octanol–water partition coefficient (Wildman–Crippen LogP) is 4.52. The van der Waals surface area contributed by atoms with Crippen LogP contribution in [0.5, 0.6) is 0 Å². The Bertz CT molecular complexity index is 1250. The summed E-state index contributed by atoms with van der Waals surface area (Å²) in [5.41, 5.74) is -3.25. The van der Waals surface area contributed by atoms with Gasteiger partial charge in [0.2, 0.25) is 11.8 Å². The lowest BCUT2D eigenvalue weighted by molar-refractivity contribution is -0.143. The minimum atomic E-state index is -4.49. The summed E-state index contributed by atoms with van der Waals surface area (Å²) in [6, 6.07) is 12.5. The van der Waals surface area contributed by atoms with Crippen LogP contribution in [0.4, 0.5) is 18.0 Å². The number of hydrogen-bond acceptors (Lipinski definition) is 6. The predicted molar refractivity (Wildman–Crippen MR) is 153 cm³/mol. The van der Waals surface area contributed by atoms with Gasteiger partial charge in [0.15, 0.2) is 0 Å². The summed E-state index contributed by atoms with van der Waals surface area (Å²) in [5.74, 6) is -1.10. The van der Waals surface area contributed by atoms with Gasteiger partial charge in [0.25, 0.3) is 0 Å². The summed E-state index contributed by atoms with van der Waals surface area (Å²) in [5, 5.41) is 16.4. The summed E-state index contributed by atoms with van der Waals surface area (Å²) >= 11 is 0. The van der Waals surface area contributed by atoms with E-state index in [0.29, 0.717) is 5.56 Å². The maximum Gasteiger partial charge on any atom is 0.416 e.